The molecule has 1 heterocycles. The highest BCUT2D eigenvalue weighted by Gasteiger charge is 1.92. The fraction of sp³-hybridized carbons (Fsp3) is 0.286. The van der Waals surface area contributed by atoms with Crippen LogP contribution in [0.25, 0.3) is 0 Å². The third-order valence-corrected chi connectivity index (χ3v) is 1.19. The van der Waals surface area contributed by atoms with Gasteiger partial charge in [-0.25, -0.2) is 4.98 Å². The normalized spacial score (nSPS) is 9.11. The van der Waals surface area contributed by atoms with E-state index in [4.69, 9.17) is 0 Å². The summed E-state index contributed by atoms with van der Waals surface area (Å²) >= 11 is 0. The zero-order valence-corrected chi connectivity index (χ0v) is 5.63. The summed E-state index contributed by atoms with van der Waals surface area (Å²) in [6, 6.07) is 3.90. The van der Waals surface area contributed by atoms with E-state index >= 15 is 0 Å². The van der Waals surface area contributed by atoms with E-state index in [1.165, 1.54) is 0 Å². The molecular formula is C7H9N2. The predicted octanol–water partition coefficient (Wildman–Crippen LogP) is 1.26. The lowest BCUT2D eigenvalue weighted by Crippen LogP contribution is -1.92. The van der Waals surface area contributed by atoms with Crippen molar-refractivity contribution in [2.75, 3.05) is 7.05 Å². The van der Waals surface area contributed by atoms with Gasteiger partial charge in [-0.3, -0.25) is 5.32 Å². The number of aromatic nitrogens is 1. The molecule has 0 spiro atoms. The lowest BCUT2D eigenvalue weighted by atomic mass is 10.3. The zero-order valence-electron chi connectivity index (χ0n) is 5.63. The van der Waals surface area contributed by atoms with Gasteiger partial charge in [-0.05, 0) is 18.6 Å². The van der Waals surface area contributed by atoms with Crippen molar-refractivity contribution in [3.05, 3.63) is 23.9 Å². The summed E-state index contributed by atoms with van der Waals surface area (Å²) in [6.45, 7) is 2.00. The molecule has 0 aliphatic rings. The first-order valence-corrected chi connectivity index (χ1v) is 2.86. The third kappa shape index (κ3) is 1.19. The van der Waals surface area contributed by atoms with Gasteiger partial charge < -0.3 is 0 Å². The summed E-state index contributed by atoms with van der Waals surface area (Å²) in [5.41, 5.74) is 1.13. The van der Waals surface area contributed by atoms with Crippen LogP contribution in [-0.4, -0.2) is 12.0 Å². The Bertz CT molecular complexity index is 196. The Morgan fingerprint density at radius 2 is 2.33 bits per heavy atom. The fourth-order valence-electron chi connectivity index (χ4n) is 0.711. The summed E-state index contributed by atoms with van der Waals surface area (Å²) < 4.78 is 0. The number of nitrogens with zero attached hydrogens (tertiary/aromatic N) is 2. The Hall–Kier alpha value is -1.05. The van der Waals surface area contributed by atoms with E-state index in [1.54, 1.807) is 13.2 Å². The molecular weight excluding hydrogens is 112 g/mol. The van der Waals surface area contributed by atoms with Gasteiger partial charge in [0.1, 0.15) is 5.82 Å². The Morgan fingerprint density at radius 3 is 2.78 bits per heavy atom. The Labute approximate surface area is 54.9 Å². The van der Waals surface area contributed by atoms with E-state index < -0.39 is 0 Å². The number of aryl methyl sites for hydroxylation is 1. The maximum Gasteiger partial charge on any atom is 0.149 e. The van der Waals surface area contributed by atoms with Crippen LogP contribution in [0.15, 0.2) is 18.3 Å². The lowest BCUT2D eigenvalue weighted by molar-refractivity contribution is 1.01. The SMILES string of the molecule is C[N]c1ncccc1C. The molecule has 2 heteroatoms. The monoisotopic (exact) mass is 121 g/mol. The molecule has 1 aromatic rings. The van der Waals surface area contributed by atoms with Gasteiger partial charge in [0.2, 0.25) is 0 Å². The number of hydrogen-bond donors (Lipinski definition) is 0. The van der Waals surface area contributed by atoms with Gasteiger partial charge in [-0.2, -0.15) is 0 Å². The van der Waals surface area contributed by atoms with Crippen LogP contribution in [0, 0.1) is 6.92 Å². The topological polar surface area (TPSA) is 27.0 Å². The molecule has 0 aliphatic heterocycles. The first kappa shape index (κ1) is 6.08. The molecule has 9 heavy (non-hydrogen) atoms. The molecule has 0 amide bonds. The average molecular weight is 121 g/mol. The van der Waals surface area contributed by atoms with E-state index in [1.807, 2.05) is 19.1 Å². The minimum atomic E-state index is 0.831. The first-order valence-electron chi connectivity index (χ1n) is 2.86. The van der Waals surface area contributed by atoms with Crippen molar-refractivity contribution in [1.29, 1.82) is 0 Å². The van der Waals surface area contributed by atoms with Crippen LogP contribution in [0.2, 0.25) is 0 Å². The van der Waals surface area contributed by atoms with Crippen molar-refractivity contribution in [1.82, 2.24) is 10.3 Å². The number of rotatable bonds is 1. The maximum absolute atomic E-state index is 4.03. The van der Waals surface area contributed by atoms with E-state index in [0.717, 1.165) is 11.4 Å². The van der Waals surface area contributed by atoms with Gasteiger partial charge in [0.05, 0.1) is 0 Å². The number of hydrogen-bond acceptors (Lipinski definition) is 1. The van der Waals surface area contributed by atoms with Crippen LogP contribution >= 0.6 is 0 Å². The second-order valence-electron chi connectivity index (χ2n) is 1.87. The highest BCUT2D eigenvalue weighted by Crippen LogP contribution is 2.06. The van der Waals surface area contributed by atoms with Crippen LogP contribution in [0.3, 0.4) is 0 Å². The second kappa shape index (κ2) is 2.49. The molecule has 0 saturated heterocycles. The summed E-state index contributed by atoms with van der Waals surface area (Å²) in [4.78, 5) is 4.03. The van der Waals surface area contributed by atoms with Crippen molar-refractivity contribution >= 4 is 5.82 Å². The quantitative estimate of drug-likeness (QED) is 0.549. The molecule has 1 rings (SSSR count). The van der Waals surface area contributed by atoms with E-state index in [2.05, 4.69) is 10.3 Å². The van der Waals surface area contributed by atoms with E-state index in [9.17, 15) is 0 Å². The molecule has 1 radical (unpaired) electrons. The molecule has 0 saturated carbocycles. The molecule has 0 unspecified atom stereocenters. The van der Waals surface area contributed by atoms with Crippen molar-refractivity contribution in [3.8, 4) is 0 Å². The minimum Gasteiger partial charge on any atom is -0.270 e. The van der Waals surface area contributed by atoms with Gasteiger partial charge in [0, 0.05) is 13.2 Å². The fourth-order valence-corrected chi connectivity index (χ4v) is 0.711. The molecule has 0 atom stereocenters. The van der Waals surface area contributed by atoms with Crippen LogP contribution < -0.4 is 5.32 Å². The van der Waals surface area contributed by atoms with Gasteiger partial charge in [0.25, 0.3) is 0 Å². The molecule has 0 aromatic carbocycles. The lowest BCUT2D eigenvalue weighted by Gasteiger charge is -1.97. The molecule has 0 aliphatic carbocycles. The van der Waals surface area contributed by atoms with Crippen LogP contribution in [0.5, 0.6) is 0 Å². The van der Waals surface area contributed by atoms with Crippen LogP contribution in [0.1, 0.15) is 5.56 Å². The average Bonchev–Trinajstić information content (AvgIpc) is 1.89. The summed E-state index contributed by atoms with van der Waals surface area (Å²) in [5, 5.41) is 3.96. The molecule has 2 nitrogen and oxygen atoms in total. The van der Waals surface area contributed by atoms with Crippen molar-refractivity contribution in [3.63, 3.8) is 0 Å². The van der Waals surface area contributed by atoms with Crippen molar-refractivity contribution in [2.45, 2.75) is 6.92 Å². The second-order valence-corrected chi connectivity index (χ2v) is 1.87. The summed E-state index contributed by atoms with van der Waals surface area (Å²) in [5.74, 6) is 0.831. The number of pyridine rings is 1. The van der Waals surface area contributed by atoms with Gasteiger partial charge in [0.15, 0.2) is 0 Å². The van der Waals surface area contributed by atoms with Crippen molar-refractivity contribution < 1.29 is 0 Å². The standard InChI is InChI=1S/C7H9N2/c1-6-4-3-5-9-7(6)8-2/h3-5H,1-2H3. The Balaban J connectivity index is 3.01. The minimum absolute atomic E-state index is 0.831. The summed E-state index contributed by atoms with van der Waals surface area (Å²) in [7, 11) is 1.75. The highest BCUT2D eigenvalue weighted by atomic mass is 14.9. The van der Waals surface area contributed by atoms with Gasteiger partial charge in [-0.1, -0.05) is 6.07 Å². The molecule has 1 aromatic heterocycles. The predicted molar refractivity (Wildman–Crippen MR) is 36.7 cm³/mol. The Morgan fingerprint density at radius 1 is 1.56 bits per heavy atom. The third-order valence-electron chi connectivity index (χ3n) is 1.19. The smallest absolute Gasteiger partial charge is 0.149 e. The Kier molecular flexibility index (Phi) is 1.68. The molecule has 47 valence electrons. The van der Waals surface area contributed by atoms with Gasteiger partial charge in [-0.15, -0.1) is 0 Å². The maximum atomic E-state index is 4.03. The van der Waals surface area contributed by atoms with Gasteiger partial charge >= 0.3 is 0 Å². The van der Waals surface area contributed by atoms with E-state index in [-0.39, 0.29) is 0 Å². The van der Waals surface area contributed by atoms with Crippen molar-refractivity contribution in [2.24, 2.45) is 0 Å². The van der Waals surface area contributed by atoms with Crippen LogP contribution in [-0.2, 0) is 0 Å². The largest absolute Gasteiger partial charge is 0.270 e. The molecule has 0 fully saturated rings. The molecule has 0 bridgehead atoms. The zero-order chi connectivity index (χ0) is 6.69. The van der Waals surface area contributed by atoms with Crippen LogP contribution in [0.4, 0.5) is 5.82 Å². The highest BCUT2D eigenvalue weighted by molar-refractivity contribution is 5.34. The first-order chi connectivity index (χ1) is 4.34. The summed E-state index contributed by atoms with van der Waals surface area (Å²) in [6.07, 6.45) is 1.75. The molecule has 0 N–H and O–H groups in total. The van der Waals surface area contributed by atoms with E-state index in [0.29, 0.717) is 0 Å².